The van der Waals surface area contributed by atoms with Crippen molar-refractivity contribution in [1.82, 2.24) is 4.90 Å². The molecular formula is C14H23N3O. The van der Waals surface area contributed by atoms with E-state index in [0.717, 1.165) is 25.4 Å². The normalized spacial score (nSPS) is 21.1. The quantitative estimate of drug-likeness (QED) is 0.830. The van der Waals surface area contributed by atoms with Crippen LogP contribution in [-0.2, 0) is 0 Å². The van der Waals surface area contributed by atoms with Crippen LogP contribution in [0.4, 0.5) is 11.4 Å². The monoisotopic (exact) mass is 249 g/mol. The van der Waals surface area contributed by atoms with Gasteiger partial charge in [-0.25, -0.2) is 0 Å². The molecule has 0 radical (unpaired) electrons. The fourth-order valence-corrected chi connectivity index (χ4v) is 2.28. The molecule has 1 atom stereocenters. The van der Waals surface area contributed by atoms with Crippen LogP contribution in [-0.4, -0.2) is 44.2 Å². The first-order valence-electron chi connectivity index (χ1n) is 6.59. The molecule has 0 aromatic heterocycles. The number of anilines is 2. The molecular weight excluding hydrogens is 226 g/mol. The van der Waals surface area contributed by atoms with Gasteiger partial charge in [0.15, 0.2) is 0 Å². The van der Waals surface area contributed by atoms with Gasteiger partial charge >= 0.3 is 0 Å². The van der Waals surface area contributed by atoms with Crippen LogP contribution in [0.25, 0.3) is 0 Å². The van der Waals surface area contributed by atoms with Gasteiger partial charge in [-0.05, 0) is 33.0 Å². The summed E-state index contributed by atoms with van der Waals surface area (Å²) >= 11 is 0. The number of nitrogens with two attached hydrogens (primary N) is 1. The highest BCUT2D eigenvalue weighted by Gasteiger charge is 2.21. The zero-order chi connectivity index (χ0) is 13.1. The zero-order valence-electron chi connectivity index (χ0n) is 11.5. The van der Waals surface area contributed by atoms with Crippen LogP contribution >= 0.6 is 0 Å². The van der Waals surface area contributed by atoms with Crippen molar-refractivity contribution in [1.29, 1.82) is 0 Å². The summed E-state index contributed by atoms with van der Waals surface area (Å²) in [6.07, 6.45) is 0. The molecule has 2 rings (SSSR count). The van der Waals surface area contributed by atoms with E-state index in [4.69, 9.17) is 10.5 Å². The minimum atomic E-state index is 0.576. The standard InChI is InChI=1S/C14H23N3O/c1-4-18-14-9-12(5-6-13(14)15)17-8-7-16(3)11(2)10-17/h5-6,9,11H,4,7-8,10,15H2,1-3H3. The van der Waals surface area contributed by atoms with Crippen molar-refractivity contribution in [3.8, 4) is 5.75 Å². The van der Waals surface area contributed by atoms with Crippen LogP contribution in [0, 0.1) is 0 Å². The van der Waals surface area contributed by atoms with Crippen molar-refractivity contribution < 1.29 is 4.74 Å². The van der Waals surface area contributed by atoms with Gasteiger partial charge in [-0.1, -0.05) is 0 Å². The minimum Gasteiger partial charge on any atom is -0.492 e. The van der Waals surface area contributed by atoms with Gasteiger partial charge in [-0.2, -0.15) is 0 Å². The molecule has 1 aromatic carbocycles. The number of piperazine rings is 1. The summed E-state index contributed by atoms with van der Waals surface area (Å²) in [4.78, 5) is 4.78. The smallest absolute Gasteiger partial charge is 0.144 e. The second-order valence-corrected chi connectivity index (χ2v) is 4.93. The van der Waals surface area contributed by atoms with Crippen molar-refractivity contribution >= 4 is 11.4 Å². The Morgan fingerprint density at radius 3 is 2.83 bits per heavy atom. The molecule has 1 fully saturated rings. The molecule has 1 aliphatic heterocycles. The molecule has 2 N–H and O–H groups in total. The molecule has 0 bridgehead atoms. The van der Waals surface area contributed by atoms with E-state index in [1.54, 1.807) is 0 Å². The Bertz CT molecular complexity index is 408. The van der Waals surface area contributed by atoms with E-state index in [-0.39, 0.29) is 0 Å². The topological polar surface area (TPSA) is 41.7 Å². The highest BCUT2D eigenvalue weighted by atomic mass is 16.5. The second-order valence-electron chi connectivity index (χ2n) is 4.93. The molecule has 1 heterocycles. The second kappa shape index (κ2) is 5.48. The maximum atomic E-state index is 5.90. The van der Waals surface area contributed by atoms with Gasteiger partial charge in [-0.3, -0.25) is 0 Å². The lowest BCUT2D eigenvalue weighted by Gasteiger charge is -2.39. The fourth-order valence-electron chi connectivity index (χ4n) is 2.28. The summed E-state index contributed by atoms with van der Waals surface area (Å²) < 4.78 is 5.55. The highest BCUT2D eigenvalue weighted by Crippen LogP contribution is 2.28. The number of hydrogen-bond acceptors (Lipinski definition) is 4. The Morgan fingerprint density at radius 1 is 1.39 bits per heavy atom. The first-order valence-corrected chi connectivity index (χ1v) is 6.59. The molecule has 0 aliphatic carbocycles. The van der Waals surface area contributed by atoms with Crippen LogP contribution in [0.5, 0.6) is 5.75 Å². The highest BCUT2D eigenvalue weighted by molar-refractivity contribution is 5.62. The van der Waals surface area contributed by atoms with Gasteiger partial charge in [0.2, 0.25) is 0 Å². The number of nitrogens with zero attached hydrogens (tertiary/aromatic N) is 2. The lowest BCUT2D eigenvalue weighted by Crippen LogP contribution is -2.50. The van der Waals surface area contributed by atoms with E-state index < -0.39 is 0 Å². The maximum Gasteiger partial charge on any atom is 0.144 e. The summed E-state index contributed by atoms with van der Waals surface area (Å²) in [5, 5.41) is 0. The Labute approximate surface area is 109 Å². The van der Waals surface area contributed by atoms with E-state index in [1.807, 2.05) is 13.0 Å². The molecule has 0 spiro atoms. The van der Waals surface area contributed by atoms with Crippen LogP contribution in [0.2, 0.25) is 0 Å². The number of rotatable bonds is 3. The Balaban J connectivity index is 2.15. The number of hydrogen-bond donors (Lipinski definition) is 1. The average molecular weight is 249 g/mol. The van der Waals surface area contributed by atoms with E-state index >= 15 is 0 Å². The van der Waals surface area contributed by atoms with Gasteiger partial charge in [0, 0.05) is 37.4 Å². The van der Waals surface area contributed by atoms with E-state index in [0.29, 0.717) is 18.3 Å². The molecule has 1 saturated heterocycles. The Hall–Kier alpha value is -1.42. The first-order chi connectivity index (χ1) is 8.61. The summed E-state index contributed by atoms with van der Waals surface area (Å²) in [5.74, 6) is 0.793. The predicted molar refractivity (Wildman–Crippen MR) is 76.3 cm³/mol. The van der Waals surface area contributed by atoms with Crippen LogP contribution < -0.4 is 15.4 Å². The lowest BCUT2D eigenvalue weighted by atomic mass is 10.1. The van der Waals surface area contributed by atoms with E-state index in [9.17, 15) is 0 Å². The molecule has 1 unspecified atom stereocenters. The van der Waals surface area contributed by atoms with Crippen molar-refractivity contribution in [3.05, 3.63) is 18.2 Å². The summed E-state index contributed by atoms with van der Waals surface area (Å²) in [5.41, 5.74) is 7.82. The molecule has 0 amide bonds. The average Bonchev–Trinajstić information content (AvgIpc) is 2.36. The SMILES string of the molecule is CCOc1cc(N2CCN(C)C(C)C2)ccc1N. The lowest BCUT2D eigenvalue weighted by molar-refractivity contribution is 0.234. The van der Waals surface area contributed by atoms with E-state index in [1.165, 1.54) is 5.69 Å². The van der Waals surface area contributed by atoms with Crippen LogP contribution in [0.15, 0.2) is 18.2 Å². The number of ether oxygens (including phenoxy) is 1. The molecule has 100 valence electrons. The summed E-state index contributed by atoms with van der Waals surface area (Å²) in [6, 6.07) is 6.64. The van der Waals surface area contributed by atoms with Gasteiger partial charge in [0.05, 0.1) is 12.3 Å². The van der Waals surface area contributed by atoms with Gasteiger partial charge < -0.3 is 20.3 Å². The minimum absolute atomic E-state index is 0.576. The fraction of sp³-hybridized carbons (Fsp3) is 0.571. The number of benzene rings is 1. The third-order valence-electron chi connectivity index (χ3n) is 3.62. The third kappa shape index (κ3) is 2.70. The largest absolute Gasteiger partial charge is 0.492 e. The molecule has 4 heteroatoms. The molecule has 18 heavy (non-hydrogen) atoms. The molecule has 1 aliphatic rings. The Kier molecular flexibility index (Phi) is 3.97. The number of likely N-dealkylation sites (N-methyl/N-ethyl adjacent to an activating group) is 1. The molecule has 4 nitrogen and oxygen atoms in total. The predicted octanol–water partition coefficient (Wildman–Crippen LogP) is 1.81. The first kappa shape index (κ1) is 13.0. The van der Waals surface area contributed by atoms with Gasteiger partial charge in [-0.15, -0.1) is 0 Å². The third-order valence-corrected chi connectivity index (χ3v) is 3.62. The van der Waals surface area contributed by atoms with Gasteiger partial charge in [0.1, 0.15) is 5.75 Å². The van der Waals surface area contributed by atoms with E-state index in [2.05, 4.69) is 35.9 Å². The van der Waals surface area contributed by atoms with Crippen molar-refractivity contribution in [2.24, 2.45) is 0 Å². The molecule has 1 aromatic rings. The summed E-state index contributed by atoms with van der Waals surface area (Å²) in [7, 11) is 2.18. The maximum absolute atomic E-state index is 5.90. The van der Waals surface area contributed by atoms with Crippen molar-refractivity contribution in [2.75, 3.05) is 43.9 Å². The van der Waals surface area contributed by atoms with Gasteiger partial charge in [0.25, 0.3) is 0 Å². The Morgan fingerprint density at radius 2 is 2.17 bits per heavy atom. The summed E-state index contributed by atoms with van der Waals surface area (Å²) in [6.45, 7) is 8.07. The number of nitrogen functional groups attached to an aromatic ring is 1. The van der Waals surface area contributed by atoms with Crippen LogP contribution in [0.3, 0.4) is 0 Å². The van der Waals surface area contributed by atoms with Crippen molar-refractivity contribution in [3.63, 3.8) is 0 Å². The van der Waals surface area contributed by atoms with Crippen LogP contribution in [0.1, 0.15) is 13.8 Å². The zero-order valence-corrected chi connectivity index (χ0v) is 11.5. The molecule has 0 saturated carbocycles. The van der Waals surface area contributed by atoms with Crippen molar-refractivity contribution in [2.45, 2.75) is 19.9 Å².